The SMILES string of the molecule is COc1cc(C(=O)NC(C)(C)c2ccc(F)cc2)ccc1OCC(=O)O. The number of aliphatic carboxylic acids is 1. The number of carbonyl (C=O) groups excluding carboxylic acids is 1. The molecule has 2 N–H and O–H groups in total. The van der Waals surface area contributed by atoms with Gasteiger partial charge in [-0.15, -0.1) is 0 Å². The van der Waals surface area contributed by atoms with E-state index in [0.717, 1.165) is 5.56 Å². The second-order valence-corrected chi connectivity index (χ2v) is 6.13. The van der Waals surface area contributed by atoms with Crippen LogP contribution in [0.25, 0.3) is 0 Å². The van der Waals surface area contributed by atoms with E-state index in [0.29, 0.717) is 5.56 Å². The molecule has 0 saturated carbocycles. The summed E-state index contributed by atoms with van der Waals surface area (Å²) in [5.74, 6) is -1.35. The number of carboxylic acid groups (broad SMARTS) is 1. The first-order chi connectivity index (χ1) is 12.2. The zero-order valence-electron chi connectivity index (χ0n) is 14.7. The van der Waals surface area contributed by atoms with Gasteiger partial charge in [-0.2, -0.15) is 0 Å². The minimum Gasteiger partial charge on any atom is -0.493 e. The van der Waals surface area contributed by atoms with E-state index < -0.39 is 18.1 Å². The molecule has 0 bridgehead atoms. The van der Waals surface area contributed by atoms with Gasteiger partial charge in [0.15, 0.2) is 18.1 Å². The normalized spacial score (nSPS) is 10.9. The quantitative estimate of drug-likeness (QED) is 0.792. The second kappa shape index (κ2) is 7.86. The Kier molecular flexibility index (Phi) is 5.82. The second-order valence-electron chi connectivity index (χ2n) is 6.13. The average molecular weight is 361 g/mol. The number of halogens is 1. The molecule has 0 aliphatic rings. The van der Waals surface area contributed by atoms with Gasteiger partial charge in [0.1, 0.15) is 5.82 Å². The Balaban J connectivity index is 2.18. The Morgan fingerprint density at radius 1 is 1.12 bits per heavy atom. The van der Waals surface area contributed by atoms with Crippen molar-refractivity contribution >= 4 is 11.9 Å². The van der Waals surface area contributed by atoms with Crippen LogP contribution in [0.15, 0.2) is 42.5 Å². The Morgan fingerprint density at radius 3 is 2.35 bits per heavy atom. The summed E-state index contributed by atoms with van der Waals surface area (Å²) >= 11 is 0. The van der Waals surface area contributed by atoms with E-state index in [1.807, 2.05) is 0 Å². The van der Waals surface area contributed by atoms with Gasteiger partial charge in [-0.1, -0.05) is 12.1 Å². The van der Waals surface area contributed by atoms with Crippen molar-refractivity contribution in [2.24, 2.45) is 0 Å². The van der Waals surface area contributed by atoms with Crippen LogP contribution in [0, 0.1) is 5.82 Å². The molecule has 0 aliphatic heterocycles. The summed E-state index contributed by atoms with van der Waals surface area (Å²) < 4.78 is 23.4. The van der Waals surface area contributed by atoms with Crippen molar-refractivity contribution in [3.8, 4) is 11.5 Å². The fraction of sp³-hybridized carbons (Fsp3) is 0.263. The smallest absolute Gasteiger partial charge is 0.341 e. The monoisotopic (exact) mass is 361 g/mol. The zero-order valence-corrected chi connectivity index (χ0v) is 14.7. The van der Waals surface area contributed by atoms with Crippen LogP contribution in [0.4, 0.5) is 4.39 Å². The van der Waals surface area contributed by atoms with Crippen LogP contribution in [-0.4, -0.2) is 30.7 Å². The molecular formula is C19H20FNO5. The maximum Gasteiger partial charge on any atom is 0.341 e. The maximum atomic E-state index is 13.1. The zero-order chi connectivity index (χ0) is 19.3. The van der Waals surface area contributed by atoms with Gasteiger partial charge in [-0.25, -0.2) is 9.18 Å². The largest absolute Gasteiger partial charge is 0.493 e. The van der Waals surface area contributed by atoms with Crippen LogP contribution in [0.2, 0.25) is 0 Å². The highest BCUT2D eigenvalue weighted by Gasteiger charge is 2.24. The molecule has 1 amide bonds. The third kappa shape index (κ3) is 4.72. The van der Waals surface area contributed by atoms with Gasteiger partial charge >= 0.3 is 5.97 Å². The molecule has 0 heterocycles. The minimum atomic E-state index is -1.12. The van der Waals surface area contributed by atoms with Crippen LogP contribution in [-0.2, 0) is 10.3 Å². The predicted molar refractivity (Wildman–Crippen MR) is 93.0 cm³/mol. The summed E-state index contributed by atoms with van der Waals surface area (Å²) in [7, 11) is 1.40. The number of ether oxygens (including phenoxy) is 2. The van der Waals surface area contributed by atoms with E-state index in [1.165, 1.54) is 37.4 Å². The number of benzene rings is 2. The van der Waals surface area contributed by atoms with E-state index in [1.54, 1.807) is 26.0 Å². The Labute approximate surface area is 150 Å². The van der Waals surface area contributed by atoms with Gasteiger partial charge in [0.2, 0.25) is 0 Å². The van der Waals surface area contributed by atoms with Gasteiger partial charge in [0.05, 0.1) is 12.6 Å². The van der Waals surface area contributed by atoms with Crippen LogP contribution in [0.5, 0.6) is 11.5 Å². The highest BCUT2D eigenvalue weighted by Crippen LogP contribution is 2.29. The molecule has 2 rings (SSSR count). The molecule has 2 aromatic rings. The van der Waals surface area contributed by atoms with Crippen molar-refractivity contribution in [2.75, 3.05) is 13.7 Å². The molecule has 0 spiro atoms. The van der Waals surface area contributed by atoms with Gasteiger partial charge < -0.3 is 19.9 Å². The van der Waals surface area contributed by atoms with Crippen molar-refractivity contribution in [3.63, 3.8) is 0 Å². The van der Waals surface area contributed by atoms with Crippen molar-refractivity contribution in [3.05, 3.63) is 59.4 Å². The Bertz CT molecular complexity index is 802. The molecule has 0 aliphatic carbocycles. The standard InChI is InChI=1S/C19H20FNO5/c1-19(2,13-5-7-14(20)8-6-13)21-18(24)12-4-9-15(16(10-12)25-3)26-11-17(22)23/h4-10H,11H2,1-3H3,(H,21,24)(H,22,23). The van der Waals surface area contributed by atoms with Crippen molar-refractivity contribution in [2.45, 2.75) is 19.4 Å². The molecule has 0 fully saturated rings. The lowest BCUT2D eigenvalue weighted by molar-refractivity contribution is -0.139. The first-order valence-corrected chi connectivity index (χ1v) is 7.84. The molecule has 7 heteroatoms. The molecular weight excluding hydrogens is 341 g/mol. The van der Waals surface area contributed by atoms with E-state index in [2.05, 4.69) is 5.32 Å². The predicted octanol–water partition coefficient (Wildman–Crippen LogP) is 2.96. The molecule has 0 atom stereocenters. The van der Waals surface area contributed by atoms with Crippen molar-refractivity contribution in [1.82, 2.24) is 5.32 Å². The molecule has 0 aromatic heterocycles. The van der Waals surface area contributed by atoms with Gasteiger partial charge in [-0.05, 0) is 49.7 Å². The molecule has 0 saturated heterocycles. The number of hydrogen-bond acceptors (Lipinski definition) is 4. The molecule has 0 unspecified atom stereocenters. The van der Waals surface area contributed by atoms with Gasteiger partial charge in [0, 0.05) is 5.56 Å². The molecule has 6 nitrogen and oxygen atoms in total. The van der Waals surface area contributed by atoms with Crippen LogP contribution < -0.4 is 14.8 Å². The lowest BCUT2D eigenvalue weighted by atomic mass is 9.94. The minimum absolute atomic E-state index is 0.226. The molecule has 138 valence electrons. The molecule has 2 aromatic carbocycles. The molecule has 26 heavy (non-hydrogen) atoms. The third-order valence-corrected chi connectivity index (χ3v) is 3.77. The van der Waals surface area contributed by atoms with Gasteiger partial charge in [0.25, 0.3) is 5.91 Å². The molecule has 0 radical (unpaired) electrons. The number of carboxylic acids is 1. The highest BCUT2D eigenvalue weighted by molar-refractivity contribution is 5.95. The van der Waals surface area contributed by atoms with E-state index >= 15 is 0 Å². The highest BCUT2D eigenvalue weighted by atomic mass is 19.1. The summed E-state index contributed by atoms with van der Waals surface area (Å²) in [4.78, 5) is 23.2. The first kappa shape index (κ1) is 19.2. The lowest BCUT2D eigenvalue weighted by Crippen LogP contribution is -2.41. The average Bonchev–Trinajstić information content (AvgIpc) is 2.59. The number of carbonyl (C=O) groups is 2. The van der Waals surface area contributed by atoms with Crippen LogP contribution >= 0.6 is 0 Å². The number of methoxy groups -OCH3 is 1. The van der Waals surface area contributed by atoms with E-state index in [4.69, 9.17) is 14.6 Å². The van der Waals surface area contributed by atoms with Crippen molar-refractivity contribution < 1.29 is 28.6 Å². The first-order valence-electron chi connectivity index (χ1n) is 7.84. The number of amides is 1. The fourth-order valence-corrected chi connectivity index (χ4v) is 2.36. The number of hydrogen-bond donors (Lipinski definition) is 2. The summed E-state index contributed by atoms with van der Waals surface area (Å²) in [5.41, 5.74) is 0.344. The summed E-state index contributed by atoms with van der Waals surface area (Å²) in [6.45, 7) is 3.10. The van der Waals surface area contributed by atoms with Crippen LogP contribution in [0.1, 0.15) is 29.8 Å². The lowest BCUT2D eigenvalue weighted by Gasteiger charge is -2.27. The number of nitrogens with one attached hydrogen (secondary N) is 1. The fourth-order valence-electron chi connectivity index (χ4n) is 2.36. The van der Waals surface area contributed by atoms with Crippen LogP contribution in [0.3, 0.4) is 0 Å². The maximum absolute atomic E-state index is 13.1. The third-order valence-electron chi connectivity index (χ3n) is 3.77. The topological polar surface area (TPSA) is 84.9 Å². The summed E-state index contributed by atoms with van der Waals surface area (Å²) in [6.07, 6.45) is 0. The van der Waals surface area contributed by atoms with Gasteiger partial charge in [-0.3, -0.25) is 4.79 Å². The number of rotatable bonds is 7. The summed E-state index contributed by atoms with van der Waals surface area (Å²) in [6, 6.07) is 10.3. The van der Waals surface area contributed by atoms with E-state index in [9.17, 15) is 14.0 Å². The van der Waals surface area contributed by atoms with E-state index in [-0.39, 0.29) is 23.2 Å². The van der Waals surface area contributed by atoms with Crippen molar-refractivity contribution in [1.29, 1.82) is 0 Å². The Morgan fingerprint density at radius 2 is 1.77 bits per heavy atom. The summed E-state index contributed by atoms with van der Waals surface area (Å²) in [5, 5.41) is 11.6. The Hall–Kier alpha value is -3.09.